The first-order valence-corrected chi connectivity index (χ1v) is 6.52. The van der Waals surface area contributed by atoms with Gasteiger partial charge in [-0.25, -0.2) is 4.57 Å². The van der Waals surface area contributed by atoms with E-state index in [-0.39, 0.29) is 5.92 Å². The van der Waals surface area contributed by atoms with Crippen molar-refractivity contribution in [1.29, 1.82) is 0 Å². The molecule has 0 saturated heterocycles. The molecule has 6 heteroatoms. The molecule has 16 heavy (non-hydrogen) atoms. The lowest BCUT2D eigenvalue weighted by Crippen LogP contribution is -2.20. The van der Waals surface area contributed by atoms with Crippen molar-refractivity contribution in [2.75, 3.05) is 7.11 Å². The molecule has 0 aliphatic rings. The Hall–Kier alpha value is -0.345. The summed E-state index contributed by atoms with van der Waals surface area (Å²) in [7, 11) is 2.56. The maximum Gasteiger partial charge on any atom is 0.472 e. The molecule has 0 aliphatic heterocycles. The van der Waals surface area contributed by atoms with E-state index in [1.165, 1.54) is 0 Å². The van der Waals surface area contributed by atoms with Crippen LogP contribution in [-0.2, 0) is 13.6 Å². The van der Waals surface area contributed by atoms with Crippen molar-refractivity contribution < 1.29 is 18.5 Å². The Morgan fingerprint density at radius 2 is 2.25 bits per heavy atom. The van der Waals surface area contributed by atoms with Crippen LogP contribution in [0, 0.1) is 5.92 Å². The van der Waals surface area contributed by atoms with Crippen molar-refractivity contribution in [3.05, 3.63) is 24.8 Å². The van der Waals surface area contributed by atoms with Gasteiger partial charge in [-0.1, -0.05) is 24.5 Å². The fourth-order valence-electron chi connectivity index (χ4n) is 1.27. The van der Waals surface area contributed by atoms with Crippen molar-refractivity contribution in [3.63, 3.8) is 0 Å². The van der Waals surface area contributed by atoms with E-state index >= 15 is 0 Å². The van der Waals surface area contributed by atoms with Crippen LogP contribution in [0.5, 0.6) is 0 Å². The molecule has 0 fully saturated rings. The van der Waals surface area contributed by atoms with Gasteiger partial charge in [0.05, 0.1) is 14.0 Å². The Morgan fingerprint density at radius 3 is 2.62 bits per heavy atom. The number of allylic oxidation sites excluding steroid dienone is 1. The SMILES string of the molecule is [B]CCC(OP(=O)(O)OC)C(C=C)/C=C\C. The van der Waals surface area contributed by atoms with Gasteiger partial charge in [-0.05, 0) is 13.3 Å². The lowest BCUT2D eigenvalue weighted by molar-refractivity contribution is 0.101. The van der Waals surface area contributed by atoms with Gasteiger partial charge in [-0.3, -0.25) is 9.05 Å². The number of phosphoric acid groups is 1. The zero-order valence-electron chi connectivity index (χ0n) is 9.70. The number of phosphoric ester groups is 1. The first-order chi connectivity index (χ1) is 7.50. The highest BCUT2D eigenvalue weighted by Crippen LogP contribution is 2.45. The van der Waals surface area contributed by atoms with Crippen LogP contribution in [-0.4, -0.2) is 26.0 Å². The molecule has 0 rings (SSSR count). The first-order valence-electron chi connectivity index (χ1n) is 5.03. The third-order valence-corrected chi connectivity index (χ3v) is 3.07. The van der Waals surface area contributed by atoms with E-state index in [1.807, 2.05) is 19.1 Å². The van der Waals surface area contributed by atoms with Crippen LogP contribution in [0.2, 0.25) is 6.32 Å². The molecular weight excluding hydrogens is 226 g/mol. The zero-order chi connectivity index (χ0) is 12.6. The normalized spacial score (nSPS) is 19.2. The summed E-state index contributed by atoms with van der Waals surface area (Å²) in [5.41, 5.74) is 0. The van der Waals surface area contributed by atoms with Crippen LogP contribution in [0.25, 0.3) is 0 Å². The lowest BCUT2D eigenvalue weighted by atomic mass is 9.92. The van der Waals surface area contributed by atoms with E-state index in [1.54, 1.807) is 6.08 Å². The summed E-state index contributed by atoms with van der Waals surface area (Å²) < 4.78 is 20.7. The molecule has 0 spiro atoms. The van der Waals surface area contributed by atoms with E-state index in [9.17, 15) is 9.46 Å². The van der Waals surface area contributed by atoms with Crippen LogP contribution in [0.3, 0.4) is 0 Å². The predicted octanol–water partition coefficient (Wildman–Crippen LogP) is 2.47. The minimum absolute atomic E-state index is 0.163. The Balaban J connectivity index is 4.70. The largest absolute Gasteiger partial charge is 0.472 e. The van der Waals surface area contributed by atoms with E-state index in [0.29, 0.717) is 12.7 Å². The van der Waals surface area contributed by atoms with Crippen LogP contribution in [0.1, 0.15) is 13.3 Å². The van der Waals surface area contributed by atoms with Crippen molar-refractivity contribution in [2.24, 2.45) is 5.92 Å². The van der Waals surface area contributed by atoms with Gasteiger partial charge in [0.25, 0.3) is 0 Å². The number of hydrogen-bond acceptors (Lipinski definition) is 3. The number of hydrogen-bond donors (Lipinski definition) is 1. The molecule has 3 unspecified atom stereocenters. The van der Waals surface area contributed by atoms with Crippen molar-refractivity contribution in [3.8, 4) is 0 Å². The van der Waals surface area contributed by atoms with Crippen LogP contribution < -0.4 is 0 Å². The Labute approximate surface area is 98.4 Å². The Bertz CT molecular complexity index is 280. The molecule has 4 nitrogen and oxygen atoms in total. The summed E-state index contributed by atoms with van der Waals surface area (Å²) in [5, 5.41) is 0. The summed E-state index contributed by atoms with van der Waals surface area (Å²) in [6.07, 6.45) is 5.62. The van der Waals surface area contributed by atoms with Gasteiger partial charge in [0.15, 0.2) is 0 Å². The van der Waals surface area contributed by atoms with E-state index in [2.05, 4.69) is 11.1 Å². The molecule has 0 aromatic carbocycles. The van der Waals surface area contributed by atoms with Gasteiger partial charge in [0.1, 0.15) is 0 Å². The van der Waals surface area contributed by atoms with Crippen molar-refractivity contribution >= 4 is 15.7 Å². The van der Waals surface area contributed by atoms with Gasteiger partial charge in [0, 0.05) is 13.0 Å². The van der Waals surface area contributed by atoms with Crippen molar-refractivity contribution in [1.82, 2.24) is 0 Å². The first kappa shape index (κ1) is 15.7. The van der Waals surface area contributed by atoms with E-state index in [0.717, 1.165) is 7.11 Å². The summed E-state index contributed by atoms with van der Waals surface area (Å²) in [6.45, 7) is 5.51. The fourth-order valence-corrected chi connectivity index (χ4v) is 1.94. The summed E-state index contributed by atoms with van der Waals surface area (Å²) in [4.78, 5) is 9.24. The van der Waals surface area contributed by atoms with Gasteiger partial charge >= 0.3 is 7.82 Å². The molecule has 3 atom stereocenters. The van der Waals surface area contributed by atoms with Crippen LogP contribution in [0.4, 0.5) is 0 Å². The Kier molecular flexibility index (Phi) is 7.68. The standard InChI is InChI=1S/C10H18BO4P/c1-4-6-9(5-2)10(7-8-11)15-16(12,13)14-3/h4-6,9-10H,2,7-8H2,1,3H3,(H,12,13)/b6-4-. The van der Waals surface area contributed by atoms with E-state index < -0.39 is 13.9 Å². The molecule has 0 bridgehead atoms. The van der Waals surface area contributed by atoms with Gasteiger partial charge in [-0.15, -0.1) is 6.58 Å². The maximum absolute atomic E-state index is 11.3. The number of rotatable bonds is 8. The fraction of sp³-hybridized carbons (Fsp3) is 0.600. The molecule has 0 heterocycles. The smallest absolute Gasteiger partial charge is 0.302 e. The minimum atomic E-state index is -3.99. The molecule has 0 aromatic rings. The highest BCUT2D eigenvalue weighted by Gasteiger charge is 2.27. The molecular formula is C10H18BO4P. The molecule has 0 saturated carbocycles. The summed E-state index contributed by atoms with van der Waals surface area (Å²) in [5.74, 6) is -0.163. The molecule has 90 valence electrons. The van der Waals surface area contributed by atoms with Gasteiger partial charge in [-0.2, -0.15) is 0 Å². The lowest BCUT2D eigenvalue weighted by Gasteiger charge is -2.23. The van der Waals surface area contributed by atoms with E-state index in [4.69, 9.17) is 12.4 Å². The third-order valence-electron chi connectivity index (χ3n) is 2.07. The highest BCUT2D eigenvalue weighted by molar-refractivity contribution is 7.47. The summed E-state index contributed by atoms with van der Waals surface area (Å²) >= 11 is 0. The van der Waals surface area contributed by atoms with Crippen molar-refractivity contribution in [2.45, 2.75) is 25.8 Å². The average molecular weight is 244 g/mol. The monoisotopic (exact) mass is 244 g/mol. The summed E-state index contributed by atoms with van der Waals surface area (Å²) in [6, 6.07) is 0. The second-order valence-corrected chi connectivity index (χ2v) is 4.72. The van der Waals surface area contributed by atoms with Crippen LogP contribution in [0.15, 0.2) is 24.8 Å². The highest BCUT2D eigenvalue weighted by atomic mass is 31.2. The predicted molar refractivity (Wildman–Crippen MR) is 65.4 cm³/mol. The third kappa shape index (κ3) is 5.66. The van der Waals surface area contributed by atoms with Gasteiger partial charge in [0.2, 0.25) is 0 Å². The van der Waals surface area contributed by atoms with Gasteiger partial charge < -0.3 is 4.89 Å². The molecule has 1 N–H and O–H groups in total. The average Bonchev–Trinajstić information content (AvgIpc) is 2.25. The molecule has 2 radical (unpaired) electrons. The minimum Gasteiger partial charge on any atom is -0.302 e. The maximum atomic E-state index is 11.3. The second-order valence-electron chi connectivity index (χ2n) is 3.21. The molecule has 0 aliphatic carbocycles. The topological polar surface area (TPSA) is 55.8 Å². The second kappa shape index (κ2) is 7.85. The van der Waals surface area contributed by atoms with Crippen LogP contribution >= 0.6 is 7.82 Å². The molecule has 0 aromatic heterocycles. The quantitative estimate of drug-likeness (QED) is 0.404. The zero-order valence-corrected chi connectivity index (χ0v) is 10.6. The molecule has 0 amide bonds. The Morgan fingerprint density at radius 1 is 1.62 bits per heavy atom.